The van der Waals surface area contributed by atoms with Gasteiger partial charge in [0.05, 0.1) is 30.8 Å². The molecule has 2 aliphatic rings. The van der Waals surface area contributed by atoms with Crippen molar-refractivity contribution in [1.29, 1.82) is 0 Å². The van der Waals surface area contributed by atoms with E-state index in [1.165, 1.54) is 16.0 Å². The van der Waals surface area contributed by atoms with E-state index in [1.807, 2.05) is 10.9 Å². The smallest absolute Gasteiger partial charge is 0.105 e. The topological polar surface area (TPSA) is 51.5 Å². The van der Waals surface area contributed by atoms with Crippen LogP contribution in [0.25, 0.3) is 0 Å². The van der Waals surface area contributed by atoms with Crippen molar-refractivity contribution in [2.24, 2.45) is 0 Å². The average Bonchev–Trinajstić information content (AvgIpc) is 3.25. The summed E-state index contributed by atoms with van der Waals surface area (Å²) in [6.07, 6.45) is 7.12. The van der Waals surface area contributed by atoms with E-state index in [9.17, 15) is 0 Å². The summed E-state index contributed by atoms with van der Waals surface area (Å²) in [4.78, 5) is 8.77. The Morgan fingerprint density at radius 3 is 3.22 bits per heavy atom. The predicted molar refractivity (Wildman–Crippen MR) is 107 cm³/mol. The Kier molecular flexibility index (Phi) is 5.87. The van der Waals surface area contributed by atoms with Gasteiger partial charge >= 0.3 is 0 Å². The van der Waals surface area contributed by atoms with E-state index < -0.39 is 0 Å². The molecule has 27 heavy (non-hydrogen) atoms. The number of nitrogens with one attached hydrogen (secondary N) is 1. The van der Waals surface area contributed by atoms with Crippen LogP contribution in [-0.4, -0.2) is 47.5 Å². The minimum Gasteiger partial charge on any atom is -0.369 e. The summed E-state index contributed by atoms with van der Waals surface area (Å²) in [5, 5.41) is 4.45. The molecule has 2 aromatic rings. The predicted octanol–water partition coefficient (Wildman–Crippen LogP) is 3.20. The van der Waals surface area contributed by atoms with Crippen LogP contribution in [0, 0.1) is 0 Å². The Hall–Kier alpha value is -0.960. The molecule has 2 atom stereocenters. The third-order valence-electron chi connectivity index (χ3n) is 5.65. The molecule has 0 bridgehead atoms. The van der Waals surface area contributed by atoms with E-state index in [1.54, 1.807) is 18.4 Å². The molecule has 2 aromatic heterocycles. The average molecular weight is 411 g/mol. The van der Waals surface area contributed by atoms with Gasteiger partial charge in [-0.1, -0.05) is 11.6 Å². The van der Waals surface area contributed by atoms with E-state index >= 15 is 0 Å². The number of thiophene rings is 1. The van der Waals surface area contributed by atoms with Crippen LogP contribution in [0.15, 0.2) is 18.5 Å². The quantitative estimate of drug-likeness (QED) is 0.585. The van der Waals surface area contributed by atoms with Crippen LogP contribution >= 0.6 is 22.9 Å². The third-order valence-corrected chi connectivity index (χ3v) is 7.15. The molecular weight excluding hydrogens is 384 g/mol. The number of rotatable bonds is 6. The molecule has 1 unspecified atom stereocenters. The summed E-state index contributed by atoms with van der Waals surface area (Å²) in [6, 6.07) is 2.58. The number of fused-ring (bicyclic) bond motifs is 2. The lowest BCUT2D eigenvalue weighted by Gasteiger charge is -2.47. The van der Waals surface area contributed by atoms with Crippen LogP contribution in [0.2, 0.25) is 4.34 Å². The summed E-state index contributed by atoms with van der Waals surface area (Å²) in [5.41, 5.74) is 5.34. The van der Waals surface area contributed by atoms with E-state index in [4.69, 9.17) is 21.2 Å². The summed E-state index contributed by atoms with van der Waals surface area (Å²) in [6.45, 7) is 6.58. The second kappa shape index (κ2) is 8.19. The van der Waals surface area contributed by atoms with Gasteiger partial charge in [0.25, 0.3) is 0 Å². The lowest BCUT2D eigenvalue weighted by Crippen LogP contribution is -2.49. The van der Waals surface area contributed by atoms with Crippen LogP contribution in [0.4, 0.5) is 0 Å². The first kappa shape index (κ1) is 19.4. The second-order valence-electron chi connectivity index (χ2n) is 7.48. The normalized spacial score (nSPS) is 25.8. The molecule has 4 heterocycles. The number of likely N-dealkylation sites (tertiary alicyclic amines) is 1. The number of hydroxylamine groups is 1. The van der Waals surface area contributed by atoms with Crippen LogP contribution in [-0.2, 0) is 34.7 Å². The van der Waals surface area contributed by atoms with Crippen molar-refractivity contribution in [2.45, 2.75) is 50.9 Å². The fourth-order valence-electron chi connectivity index (χ4n) is 4.32. The Labute approximate surface area is 169 Å². The van der Waals surface area contributed by atoms with E-state index in [0.29, 0.717) is 6.04 Å². The Bertz CT molecular complexity index is 780. The van der Waals surface area contributed by atoms with Gasteiger partial charge in [-0.25, -0.2) is 5.48 Å². The third kappa shape index (κ3) is 4.09. The van der Waals surface area contributed by atoms with Gasteiger partial charge in [0, 0.05) is 42.3 Å². The van der Waals surface area contributed by atoms with E-state index in [-0.39, 0.29) is 5.60 Å². The number of hydrogen-bond donors (Lipinski definition) is 1. The highest BCUT2D eigenvalue weighted by Crippen LogP contribution is 2.48. The fraction of sp³-hybridized carbons (Fsp3) is 0.632. The van der Waals surface area contributed by atoms with Gasteiger partial charge < -0.3 is 9.57 Å². The van der Waals surface area contributed by atoms with Gasteiger partial charge in [-0.3, -0.25) is 9.58 Å². The lowest BCUT2D eigenvalue weighted by molar-refractivity contribution is -0.110. The maximum Gasteiger partial charge on any atom is 0.105 e. The summed E-state index contributed by atoms with van der Waals surface area (Å²) < 4.78 is 9.21. The molecule has 0 radical (unpaired) electrons. The molecule has 4 rings (SSSR count). The van der Waals surface area contributed by atoms with Crippen molar-refractivity contribution in [2.75, 3.05) is 26.8 Å². The molecule has 6 nitrogen and oxygen atoms in total. The fourth-order valence-corrected chi connectivity index (χ4v) is 5.80. The van der Waals surface area contributed by atoms with Crippen LogP contribution < -0.4 is 5.48 Å². The van der Waals surface area contributed by atoms with Crippen molar-refractivity contribution in [1.82, 2.24) is 20.2 Å². The molecule has 8 heteroatoms. The number of hydrogen-bond acceptors (Lipinski definition) is 6. The maximum atomic E-state index is 6.36. The molecule has 2 aliphatic heterocycles. The first-order valence-corrected chi connectivity index (χ1v) is 10.7. The van der Waals surface area contributed by atoms with Gasteiger partial charge in [0.2, 0.25) is 0 Å². The highest BCUT2D eigenvalue weighted by molar-refractivity contribution is 7.16. The molecule has 148 valence electrons. The number of piperidine rings is 1. The van der Waals surface area contributed by atoms with Crippen LogP contribution in [0.3, 0.4) is 0 Å². The number of nitrogens with zero attached hydrogens (tertiary/aromatic N) is 3. The van der Waals surface area contributed by atoms with Crippen molar-refractivity contribution in [3.05, 3.63) is 38.8 Å². The highest BCUT2D eigenvalue weighted by Gasteiger charge is 2.44. The Morgan fingerprint density at radius 2 is 2.41 bits per heavy atom. The number of aromatic nitrogens is 2. The summed E-state index contributed by atoms with van der Waals surface area (Å²) in [5.74, 6) is 0. The SMILES string of the molecule is CONCCn1cc(CN2CCC3(C[C@@H]2C)OCCc2cc(Cl)sc23)cn1. The van der Waals surface area contributed by atoms with Crippen molar-refractivity contribution in [3.8, 4) is 0 Å². The molecule has 0 amide bonds. The molecule has 0 saturated carbocycles. The monoisotopic (exact) mass is 410 g/mol. The van der Waals surface area contributed by atoms with Crippen molar-refractivity contribution in [3.63, 3.8) is 0 Å². The van der Waals surface area contributed by atoms with Gasteiger partial charge in [0.1, 0.15) is 5.60 Å². The Balaban J connectivity index is 1.40. The molecular formula is C19H27ClN4O2S. The van der Waals surface area contributed by atoms with Gasteiger partial charge in [-0.15, -0.1) is 11.3 Å². The summed E-state index contributed by atoms with van der Waals surface area (Å²) >= 11 is 8.01. The lowest BCUT2D eigenvalue weighted by atomic mass is 9.82. The summed E-state index contributed by atoms with van der Waals surface area (Å²) in [7, 11) is 1.63. The largest absolute Gasteiger partial charge is 0.369 e. The minimum absolute atomic E-state index is 0.142. The van der Waals surface area contributed by atoms with Gasteiger partial charge in [0.15, 0.2) is 0 Å². The van der Waals surface area contributed by atoms with Crippen molar-refractivity contribution >= 4 is 22.9 Å². The van der Waals surface area contributed by atoms with Gasteiger partial charge in [-0.2, -0.15) is 5.10 Å². The van der Waals surface area contributed by atoms with Crippen molar-refractivity contribution < 1.29 is 9.57 Å². The molecule has 0 aliphatic carbocycles. The van der Waals surface area contributed by atoms with Crippen LogP contribution in [0.5, 0.6) is 0 Å². The molecule has 1 fully saturated rings. The standard InChI is InChI=1S/C19H27ClN4O2S/c1-14-10-19(18-16(3-8-26-19)9-17(20)27-18)4-6-23(14)12-15-11-21-24(13-15)7-5-22-25-2/h9,11,13-14,22H,3-8,10,12H2,1-2H3/t14-,19?/m0/s1. The zero-order valence-electron chi connectivity index (χ0n) is 15.9. The molecule has 1 spiro atoms. The molecule has 0 aromatic carbocycles. The maximum absolute atomic E-state index is 6.36. The zero-order valence-corrected chi connectivity index (χ0v) is 17.5. The van der Waals surface area contributed by atoms with Crippen LogP contribution in [0.1, 0.15) is 35.8 Å². The first-order chi connectivity index (χ1) is 13.1. The minimum atomic E-state index is -0.142. The van der Waals surface area contributed by atoms with E-state index in [2.05, 4.69) is 34.7 Å². The highest BCUT2D eigenvalue weighted by atomic mass is 35.5. The number of ether oxygens (including phenoxy) is 1. The van der Waals surface area contributed by atoms with E-state index in [0.717, 1.165) is 56.4 Å². The first-order valence-electron chi connectivity index (χ1n) is 9.53. The number of halogens is 1. The molecule has 1 N–H and O–H groups in total. The molecule has 1 saturated heterocycles. The van der Waals surface area contributed by atoms with Gasteiger partial charge in [-0.05, 0) is 37.8 Å². The zero-order chi connectivity index (χ0) is 18.9. The second-order valence-corrected chi connectivity index (χ2v) is 9.16. The Morgan fingerprint density at radius 1 is 1.52 bits per heavy atom.